The summed E-state index contributed by atoms with van der Waals surface area (Å²) in [7, 11) is 1.54. The zero-order chi connectivity index (χ0) is 21.1. The van der Waals surface area contributed by atoms with Crippen LogP contribution in [0.4, 0.5) is 0 Å². The third kappa shape index (κ3) is 4.02. The fourth-order valence-electron chi connectivity index (χ4n) is 3.10. The summed E-state index contributed by atoms with van der Waals surface area (Å²) in [6.07, 6.45) is 0.161. The molecule has 3 aromatic rings. The van der Waals surface area contributed by atoms with Crippen LogP contribution in [-0.2, 0) is 16.1 Å². The molecule has 2 heterocycles. The molecule has 156 valence electrons. The van der Waals surface area contributed by atoms with Crippen molar-refractivity contribution in [2.75, 3.05) is 20.5 Å². The molecule has 0 spiro atoms. The number of aryl methyl sites for hydroxylation is 1. The SMILES string of the molecule is CCOC(=O)CCn1c(=NC(=O)c2cccc(OC)c2)sc2cc3c(cc21)OCO3. The summed E-state index contributed by atoms with van der Waals surface area (Å²) in [6, 6.07) is 10.5. The van der Waals surface area contributed by atoms with Gasteiger partial charge in [0.2, 0.25) is 6.79 Å². The predicted molar refractivity (Wildman–Crippen MR) is 110 cm³/mol. The number of nitrogens with zero attached hydrogens (tertiary/aromatic N) is 2. The second kappa shape index (κ2) is 8.58. The summed E-state index contributed by atoms with van der Waals surface area (Å²) < 4.78 is 23.9. The molecule has 0 saturated heterocycles. The van der Waals surface area contributed by atoms with E-state index in [1.165, 1.54) is 11.3 Å². The zero-order valence-electron chi connectivity index (χ0n) is 16.5. The lowest BCUT2D eigenvalue weighted by Crippen LogP contribution is -2.19. The number of methoxy groups -OCH3 is 1. The normalized spacial score (nSPS) is 12.9. The van der Waals surface area contributed by atoms with Gasteiger partial charge in [0.15, 0.2) is 16.3 Å². The Hall–Kier alpha value is -3.33. The van der Waals surface area contributed by atoms with E-state index in [-0.39, 0.29) is 19.2 Å². The first-order chi connectivity index (χ1) is 14.6. The Morgan fingerprint density at radius 1 is 1.20 bits per heavy atom. The van der Waals surface area contributed by atoms with Crippen LogP contribution in [0.1, 0.15) is 23.7 Å². The smallest absolute Gasteiger partial charge is 0.307 e. The number of ether oxygens (including phenoxy) is 4. The number of hydrogen-bond acceptors (Lipinski definition) is 7. The average Bonchev–Trinajstić information content (AvgIpc) is 3.34. The molecule has 8 nitrogen and oxygen atoms in total. The Bertz CT molecular complexity index is 1180. The van der Waals surface area contributed by atoms with E-state index in [9.17, 15) is 9.59 Å². The van der Waals surface area contributed by atoms with Crippen molar-refractivity contribution in [1.82, 2.24) is 4.57 Å². The lowest BCUT2D eigenvalue weighted by atomic mass is 10.2. The molecule has 0 N–H and O–H groups in total. The van der Waals surface area contributed by atoms with Crippen molar-refractivity contribution in [1.29, 1.82) is 0 Å². The molecule has 2 aromatic carbocycles. The first kappa shape index (κ1) is 20.0. The second-order valence-corrected chi connectivity index (χ2v) is 7.42. The number of esters is 1. The van der Waals surface area contributed by atoms with Crippen LogP contribution in [0.3, 0.4) is 0 Å². The molecule has 1 aliphatic heterocycles. The Morgan fingerprint density at radius 3 is 2.77 bits per heavy atom. The largest absolute Gasteiger partial charge is 0.497 e. The molecule has 1 amide bonds. The van der Waals surface area contributed by atoms with E-state index in [0.29, 0.717) is 40.8 Å². The van der Waals surface area contributed by atoms with Gasteiger partial charge in [-0.15, -0.1) is 0 Å². The first-order valence-corrected chi connectivity index (χ1v) is 10.2. The first-order valence-electron chi connectivity index (χ1n) is 9.40. The van der Waals surface area contributed by atoms with Crippen molar-refractivity contribution in [3.05, 3.63) is 46.8 Å². The summed E-state index contributed by atoms with van der Waals surface area (Å²) in [5, 5.41) is 0. The summed E-state index contributed by atoms with van der Waals surface area (Å²) >= 11 is 1.34. The van der Waals surface area contributed by atoms with E-state index in [0.717, 1.165) is 10.2 Å². The average molecular weight is 428 g/mol. The highest BCUT2D eigenvalue weighted by molar-refractivity contribution is 7.16. The van der Waals surface area contributed by atoms with Crippen molar-refractivity contribution in [3.8, 4) is 17.2 Å². The molecule has 4 rings (SSSR count). The van der Waals surface area contributed by atoms with E-state index in [1.807, 2.05) is 16.7 Å². The molecule has 9 heteroatoms. The number of carbonyl (C=O) groups excluding carboxylic acids is 2. The minimum atomic E-state index is -0.398. The molecule has 0 atom stereocenters. The molecule has 0 saturated carbocycles. The molecule has 0 radical (unpaired) electrons. The molecular weight excluding hydrogens is 408 g/mol. The van der Waals surface area contributed by atoms with Crippen molar-refractivity contribution >= 4 is 33.4 Å². The fourth-order valence-corrected chi connectivity index (χ4v) is 4.17. The second-order valence-electron chi connectivity index (χ2n) is 6.41. The van der Waals surface area contributed by atoms with Crippen LogP contribution < -0.4 is 19.0 Å². The van der Waals surface area contributed by atoms with Crippen LogP contribution in [0.15, 0.2) is 41.4 Å². The third-order valence-corrected chi connectivity index (χ3v) is 5.58. The molecule has 1 aromatic heterocycles. The molecule has 0 bridgehead atoms. The van der Waals surface area contributed by atoms with Gasteiger partial charge in [-0.2, -0.15) is 4.99 Å². The van der Waals surface area contributed by atoms with Gasteiger partial charge in [-0.25, -0.2) is 0 Å². The van der Waals surface area contributed by atoms with Gasteiger partial charge < -0.3 is 23.5 Å². The highest BCUT2D eigenvalue weighted by atomic mass is 32.1. The maximum absolute atomic E-state index is 12.8. The van der Waals surface area contributed by atoms with Gasteiger partial charge >= 0.3 is 5.97 Å². The van der Waals surface area contributed by atoms with Crippen LogP contribution in [0.25, 0.3) is 10.2 Å². The summed E-state index contributed by atoms with van der Waals surface area (Å²) in [5.74, 6) is 1.14. The molecular formula is C21H20N2O6S. The number of aromatic nitrogens is 1. The number of carbonyl (C=O) groups is 2. The van der Waals surface area contributed by atoms with Crippen LogP contribution in [-0.4, -0.2) is 37.0 Å². The topological polar surface area (TPSA) is 88.4 Å². The predicted octanol–water partition coefficient (Wildman–Crippen LogP) is 3.13. The maximum Gasteiger partial charge on any atom is 0.307 e. The minimum absolute atomic E-state index is 0.161. The highest BCUT2D eigenvalue weighted by Crippen LogP contribution is 2.37. The van der Waals surface area contributed by atoms with Gasteiger partial charge in [0, 0.05) is 24.2 Å². The Balaban J connectivity index is 1.77. The minimum Gasteiger partial charge on any atom is -0.497 e. The summed E-state index contributed by atoms with van der Waals surface area (Å²) in [4.78, 5) is 29.5. The Kier molecular flexibility index (Phi) is 5.71. The number of thiazole rings is 1. The van der Waals surface area contributed by atoms with Gasteiger partial charge in [-0.05, 0) is 25.1 Å². The van der Waals surface area contributed by atoms with Crippen molar-refractivity contribution in [2.45, 2.75) is 19.9 Å². The van der Waals surface area contributed by atoms with Crippen LogP contribution in [0, 0.1) is 0 Å². The number of rotatable bonds is 6. The number of benzene rings is 2. The number of hydrogen-bond donors (Lipinski definition) is 0. The molecule has 0 fully saturated rings. The third-order valence-electron chi connectivity index (χ3n) is 4.54. The fraction of sp³-hybridized carbons (Fsp3) is 0.286. The Morgan fingerprint density at radius 2 is 2.00 bits per heavy atom. The van der Waals surface area contributed by atoms with E-state index < -0.39 is 5.91 Å². The van der Waals surface area contributed by atoms with Crippen molar-refractivity contribution in [3.63, 3.8) is 0 Å². The lowest BCUT2D eigenvalue weighted by molar-refractivity contribution is -0.143. The van der Waals surface area contributed by atoms with Gasteiger partial charge in [-0.3, -0.25) is 9.59 Å². The zero-order valence-corrected chi connectivity index (χ0v) is 17.4. The van der Waals surface area contributed by atoms with Crippen LogP contribution >= 0.6 is 11.3 Å². The van der Waals surface area contributed by atoms with E-state index >= 15 is 0 Å². The number of amides is 1. The van der Waals surface area contributed by atoms with Crippen molar-refractivity contribution in [2.24, 2.45) is 4.99 Å². The monoisotopic (exact) mass is 428 g/mol. The molecule has 0 unspecified atom stereocenters. The van der Waals surface area contributed by atoms with E-state index in [2.05, 4.69) is 4.99 Å². The van der Waals surface area contributed by atoms with E-state index in [1.54, 1.807) is 38.3 Å². The van der Waals surface area contributed by atoms with Gasteiger partial charge in [0.1, 0.15) is 5.75 Å². The van der Waals surface area contributed by atoms with Gasteiger partial charge in [0.25, 0.3) is 5.91 Å². The number of fused-ring (bicyclic) bond motifs is 2. The quantitative estimate of drug-likeness (QED) is 0.561. The highest BCUT2D eigenvalue weighted by Gasteiger charge is 2.19. The molecule has 0 aliphatic carbocycles. The summed E-state index contributed by atoms with van der Waals surface area (Å²) in [6.45, 7) is 2.57. The Labute approximate surface area is 176 Å². The maximum atomic E-state index is 12.8. The van der Waals surface area contributed by atoms with E-state index in [4.69, 9.17) is 18.9 Å². The lowest BCUT2D eigenvalue weighted by Gasteiger charge is -2.06. The van der Waals surface area contributed by atoms with Crippen LogP contribution in [0.5, 0.6) is 17.2 Å². The summed E-state index contributed by atoms with van der Waals surface area (Å²) in [5.41, 5.74) is 1.23. The molecule has 1 aliphatic rings. The molecule has 30 heavy (non-hydrogen) atoms. The van der Waals surface area contributed by atoms with Gasteiger partial charge in [-0.1, -0.05) is 17.4 Å². The van der Waals surface area contributed by atoms with Crippen molar-refractivity contribution < 1.29 is 28.5 Å². The van der Waals surface area contributed by atoms with Crippen LogP contribution in [0.2, 0.25) is 0 Å². The van der Waals surface area contributed by atoms with Gasteiger partial charge in [0.05, 0.1) is 30.4 Å². The standard InChI is InChI=1S/C21H20N2O6S/c1-3-27-19(24)7-8-23-15-10-16-17(29-12-28-16)11-18(15)30-21(23)22-20(25)13-5-4-6-14(9-13)26-2/h4-6,9-11H,3,7-8,12H2,1-2H3.